The maximum absolute atomic E-state index is 13.4. The summed E-state index contributed by atoms with van der Waals surface area (Å²) in [6, 6.07) is 34.2. The smallest absolute Gasteiger partial charge is 0.131 e. The predicted molar refractivity (Wildman–Crippen MR) is 140 cm³/mol. The molecular formula is C30H20F2OS2. The van der Waals surface area contributed by atoms with Gasteiger partial charge in [-0.1, -0.05) is 78.1 Å². The Morgan fingerprint density at radius 2 is 0.800 bits per heavy atom. The molecule has 0 aromatic heterocycles. The Morgan fingerprint density at radius 1 is 0.429 bits per heavy atom. The number of rotatable bonds is 6. The number of phenols is 1. The van der Waals surface area contributed by atoms with Crippen LogP contribution in [0.2, 0.25) is 0 Å². The SMILES string of the molecule is Oc1c(-c2ccccc2Sc2ccc(F)cc2)cccc1-c1ccccc1Sc1ccc(F)cc1. The molecule has 0 amide bonds. The molecule has 0 spiro atoms. The molecule has 5 heteroatoms. The van der Waals surface area contributed by atoms with Crippen LogP contribution in [0, 0.1) is 11.6 Å². The van der Waals surface area contributed by atoms with Gasteiger partial charge in [0.2, 0.25) is 0 Å². The van der Waals surface area contributed by atoms with Crippen molar-refractivity contribution in [3.05, 3.63) is 127 Å². The van der Waals surface area contributed by atoms with Gasteiger partial charge in [-0.15, -0.1) is 0 Å². The van der Waals surface area contributed by atoms with Gasteiger partial charge in [-0.05, 0) is 71.8 Å². The van der Waals surface area contributed by atoms with Crippen molar-refractivity contribution in [3.8, 4) is 28.0 Å². The van der Waals surface area contributed by atoms with Gasteiger partial charge < -0.3 is 5.11 Å². The first-order chi connectivity index (χ1) is 17.1. The molecule has 1 N–H and O–H groups in total. The molecule has 0 aliphatic carbocycles. The molecule has 0 heterocycles. The molecule has 172 valence electrons. The monoisotopic (exact) mass is 498 g/mol. The highest BCUT2D eigenvalue weighted by molar-refractivity contribution is 7.99. The Morgan fingerprint density at radius 3 is 1.23 bits per heavy atom. The van der Waals surface area contributed by atoms with E-state index in [-0.39, 0.29) is 17.4 Å². The number of halogens is 2. The summed E-state index contributed by atoms with van der Waals surface area (Å²) < 4.78 is 26.7. The second kappa shape index (κ2) is 10.4. The van der Waals surface area contributed by atoms with Gasteiger partial charge >= 0.3 is 0 Å². The van der Waals surface area contributed by atoms with E-state index in [1.165, 1.54) is 47.8 Å². The van der Waals surface area contributed by atoms with Crippen molar-refractivity contribution in [1.29, 1.82) is 0 Å². The maximum atomic E-state index is 13.4. The van der Waals surface area contributed by atoms with E-state index in [2.05, 4.69) is 0 Å². The van der Waals surface area contributed by atoms with E-state index in [0.717, 1.165) is 30.7 Å². The summed E-state index contributed by atoms with van der Waals surface area (Å²) in [6.07, 6.45) is 0. The predicted octanol–water partition coefficient (Wildman–Crippen LogP) is 9.31. The van der Waals surface area contributed by atoms with Crippen molar-refractivity contribution >= 4 is 23.5 Å². The third-order valence-corrected chi connectivity index (χ3v) is 7.64. The Labute approximate surface area is 211 Å². The van der Waals surface area contributed by atoms with Gasteiger partial charge in [0, 0.05) is 30.7 Å². The molecule has 0 aliphatic rings. The normalized spacial score (nSPS) is 10.9. The van der Waals surface area contributed by atoms with E-state index in [4.69, 9.17) is 0 Å². The summed E-state index contributed by atoms with van der Waals surface area (Å²) in [7, 11) is 0. The number of phenolic OH excluding ortho intramolecular Hbond substituents is 1. The summed E-state index contributed by atoms with van der Waals surface area (Å²) >= 11 is 3.04. The molecule has 0 bridgehead atoms. The van der Waals surface area contributed by atoms with E-state index < -0.39 is 0 Å². The van der Waals surface area contributed by atoms with Crippen LogP contribution in [0.25, 0.3) is 22.3 Å². The lowest BCUT2D eigenvalue weighted by molar-refractivity contribution is 0.479. The van der Waals surface area contributed by atoms with Crippen LogP contribution < -0.4 is 0 Å². The van der Waals surface area contributed by atoms with Gasteiger partial charge in [0.25, 0.3) is 0 Å². The van der Waals surface area contributed by atoms with E-state index in [9.17, 15) is 13.9 Å². The molecule has 0 radical (unpaired) electrons. The topological polar surface area (TPSA) is 20.2 Å². The zero-order valence-electron chi connectivity index (χ0n) is 18.5. The molecule has 0 fully saturated rings. The van der Waals surface area contributed by atoms with Crippen LogP contribution in [0.4, 0.5) is 8.78 Å². The average molecular weight is 499 g/mol. The molecule has 35 heavy (non-hydrogen) atoms. The lowest BCUT2D eigenvalue weighted by Crippen LogP contribution is -1.88. The van der Waals surface area contributed by atoms with Gasteiger partial charge in [0.1, 0.15) is 17.4 Å². The standard InChI is InChI=1S/C30H20F2OS2/c31-20-12-16-22(17-13-20)34-28-10-3-1-6-24(28)26-8-5-9-27(30(26)33)25-7-2-4-11-29(25)35-23-18-14-21(32)15-19-23/h1-19,33H. The highest BCUT2D eigenvalue weighted by Crippen LogP contribution is 2.45. The number of benzene rings is 5. The molecule has 5 aromatic carbocycles. The number of hydrogen-bond acceptors (Lipinski definition) is 3. The van der Waals surface area contributed by atoms with Crippen molar-refractivity contribution in [1.82, 2.24) is 0 Å². The second-order valence-electron chi connectivity index (χ2n) is 7.81. The maximum Gasteiger partial charge on any atom is 0.131 e. The molecule has 0 saturated heterocycles. The van der Waals surface area contributed by atoms with Crippen molar-refractivity contribution in [2.45, 2.75) is 19.6 Å². The Balaban J connectivity index is 1.54. The lowest BCUT2D eigenvalue weighted by Gasteiger charge is -2.15. The van der Waals surface area contributed by atoms with E-state index in [1.54, 1.807) is 24.3 Å². The van der Waals surface area contributed by atoms with Gasteiger partial charge in [-0.2, -0.15) is 0 Å². The quantitative estimate of drug-likeness (QED) is 0.252. The molecule has 1 nitrogen and oxygen atoms in total. The highest BCUT2D eigenvalue weighted by Gasteiger charge is 2.16. The minimum Gasteiger partial charge on any atom is -0.507 e. The Bertz CT molecular complexity index is 1360. The summed E-state index contributed by atoms with van der Waals surface area (Å²) in [4.78, 5) is 3.74. The largest absolute Gasteiger partial charge is 0.507 e. The average Bonchev–Trinajstić information content (AvgIpc) is 2.88. The first-order valence-corrected chi connectivity index (χ1v) is 12.6. The van der Waals surface area contributed by atoms with Crippen LogP contribution in [0.3, 0.4) is 0 Å². The van der Waals surface area contributed by atoms with Gasteiger partial charge in [0.05, 0.1) is 0 Å². The van der Waals surface area contributed by atoms with Crippen molar-refractivity contribution < 1.29 is 13.9 Å². The summed E-state index contributed by atoms with van der Waals surface area (Å²) in [5.41, 5.74) is 3.22. The Kier molecular flexibility index (Phi) is 6.89. The molecule has 0 atom stereocenters. The van der Waals surface area contributed by atoms with E-state index in [0.29, 0.717) is 11.1 Å². The number of aromatic hydroxyl groups is 1. The third kappa shape index (κ3) is 5.26. The molecule has 5 aromatic rings. The van der Waals surface area contributed by atoms with Crippen LogP contribution >= 0.6 is 23.5 Å². The van der Waals surface area contributed by atoms with E-state index in [1.807, 2.05) is 66.7 Å². The molecular weight excluding hydrogens is 478 g/mol. The van der Waals surface area contributed by atoms with E-state index >= 15 is 0 Å². The first-order valence-electron chi connectivity index (χ1n) is 11.0. The molecule has 0 saturated carbocycles. The van der Waals surface area contributed by atoms with Crippen LogP contribution in [0.15, 0.2) is 135 Å². The van der Waals surface area contributed by atoms with Crippen molar-refractivity contribution in [2.24, 2.45) is 0 Å². The first kappa shape index (κ1) is 23.2. The van der Waals surface area contributed by atoms with Crippen LogP contribution in [-0.4, -0.2) is 5.11 Å². The molecule has 0 unspecified atom stereocenters. The van der Waals surface area contributed by atoms with Gasteiger partial charge in [-0.25, -0.2) is 8.78 Å². The van der Waals surface area contributed by atoms with Crippen LogP contribution in [-0.2, 0) is 0 Å². The highest BCUT2D eigenvalue weighted by atomic mass is 32.2. The van der Waals surface area contributed by atoms with Crippen LogP contribution in [0.5, 0.6) is 5.75 Å². The van der Waals surface area contributed by atoms with Gasteiger partial charge in [-0.3, -0.25) is 0 Å². The molecule has 0 aliphatic heterocycles. The van der Waals surface area contributed by atoms with Gasteiger partial charge in [0.15, 0.2) is 0 Å². The zero-order chi connectivity index (χ0) is 24.2. The fourth-order valence-electron chi connectivity index (χ4n) is 3.79. The third-order valence-electron chi connectivity index (χ3n) is 5.47. The summed E-state index contributed by atoms with van der Waals surface area (Å²) in [5, 5.41) is 11.4. The Hall–Kier alpha value is -3.54. The molecule has 5 rings (SSSR count). The fraction of sp³-hybridized carbons (Fsp3) is 0. The number of para-hydroxylation sites is 1. The van der Waals surface area contributed by atoms with Crippen LogP contribution in [0.1, 0.15) is 0 Å². The second-order valence-corrected chi connectivity index (χ2v) is 10.0. The number of hydrogen-bond donors (Lipinski definition) is 1. The minimum absolute atomic E-state index is 0.187. The zero-order valence-corrected chi connectivity index (χ0v) is 20.1. The summed E-state index contributed by atoms with van der Waals surface area (Å²) in [6.45, 7) is 0. The lowest BCUT2D eigenvalue weighted by atomic mass is 9.97. The van der Waals surface area contributed by atoms with Crippen molar-refractivity contribution in [2.75, 3.05) is 0 Å². The minimum atomic E-state index is -0.273. The van der Waals surface area contributed by atoms with Crippen molar-refractivity contribution in [3.63, 3.8) is 0 Å². The fourth-order valence-corrected chi connectivity index (χ4v) is 5.72. The summed E-state index contributed by atoms with van der Waals surface area (Å²) in [5.74, 6) is -0.359.